The summed E-state index contributed by atoms with van der Waals surface area (Å²) < 4.78 is 45.3. The maximum absolute atomic E-state index is 12.1. The molecule has 11 heteroatoms. The van der Waals surface area contributed by atoms with E-state index < -0.39 is 12.3 Å². The first-order valence-electron chi connectivity index (χ1n) is 9.14. The van der Waals surface area contributed by atoms with Crippen LogP contribution in [0.1, 0.15) is 35.8 Å². The van der Waals surface area contributed by atoms with Gasteiger partial charge in [0.2, 0.25) is 0 Å². The number of nitrogens with one attached hydrogen (secondary N) is 2. The molecule has 2 aromatic rings. The normalized spacial score (nSPS) is 12.2. The van der Waals surface area contributed by atoms with Crippen molar-refractivity contribution in [2.24, 2.45) is 5.92 Å². The van der Waals surface area contributed by atoms with Crippen molar-refractivity contribution >= 4 is 23.2 Å². The number of ether oxygens (including phenoxy) is 2. The molecule has 0 fully saturated rings. The van der Waals surface area contributed by atoms with Crippen molar-refractivity contribution in [2.45, 2.75) is 33.2 Å². The Bertz CT molecular complexity index is 840. The number of nitrogens with zero attached hydrogens (tertiary/aromatic N) is 1. The molecule has 1 heterocycles. The third-order valence-electron chi connectivity index (χ3n) is 3.96. The molecular weight excluding hydrogens is 423 g/mol. The van der Waals surface area contributed by atoms with E-state index in [9.17, 15) is 22.8 Å². The summed E-state index contributed by atoms with van der Waals surface area (Å²) in [5.41, 5.74) is 0.296. The molecule has 0 aliphatic heterocycles. The van der Waals surface area contributed by atoms with Crippen LogP contribution in [0.5, 0.6) is 11.5 Å². The summed E-state index contributed by atoms with van der Waals surface area (Å²) in [5, 5.41) is 7.59. The summed E-state index contributed by atoms with van der Waals surface area (Å²) in [6.07, 6.45) is -3.81. The molecule has 7 nitrogen and oxygen atoms in total. The lowest BCUT2D eigenvalue weighted by atomic mass is 10.1. The molecule has 2 amide bonds. The minimum atomic E-state index is -4.77. The number of halogens is 3. The van der Waals surface area contributed by atoms with Gasteiger partial charge in [0.1, 0.15) is 22.2 Å². The molecule has 1 unspecified atom stereocenters. The van der Waals surface area contributed by atoms with Crippen LogP contribution >= 0.6 is 11.3 Å². The number of aromatic nitrogens is 1. The molecule has 0 saturated carbocycles. The number of benzene rings is 1. The standard InChI is InChI=1S/C19H22F3N3O4S/c1-3-12(2)8-24-18(27)15-11-30-17(25-15)9-23-16(26)10-28-13-4-6-14(7-5-13)29-19(20,21)22/h4-7,11-12H,3,8-10H2,1-2H3,(H,23,26)(H,24,27). The van der Waals surface area contributed by atoms with Gasteiger partial charge in [0, 0.05) is 11.9 Å². The number of hydrogen-bond donors (Lipinski definition) is 2. The topological polar surface area (TPSA) is 89.6 Å². The van der Waals surface area contributed by atoms with Crippen LogP contribution in [0.15, 0.2) is 29.6 Å². The summed E-state index contributed by atoms with van der Waals surface area (Å²) >= 11 is 1.25. The Hall–Kier alpha value is -2.82. The minimum absolute atomic E-state index is 0.129. The van der Waals surface area contributed by atoms with Crippen LogP contribution < -0.4 is 20.1 Å². The van der Waals surface area contributed by atoms with Gasteiger partial charge in [-0.1, -0.05) is 20.3 Å². The SMILES string of the molecule is CCC(C)CNC(=O)c1csc(CNC(=O)COc2ccc(OC(F)(F)F)cc2)n1. The highest BCUT2D eigenvalue weighted by Gasteiger charge is 2.31. The van der Waals surface area contributed by atoms with Crippen molar-refractivity contribution in [3.8, 4) is 11.5 Å². The molecule has 2 N–H and O–H groups in total. The molecule has 2 rings (SSSR count). The van der Waals surface area contributed by atoms with Gasteiger partial charge in [-0.2, -0.15) is 0 Å². The number of carbonyl (C=O) groups excluding carboxylic acids is 2. The van der Waals surface area contributed by atoms with E-state index in [-0.39, 0.29) is 30.6 Å². The average Bonchev–Trinajstić information content (AvgIpc) is 3.17. The average molecular weight is 445 g/mol. The monoisotopic (exact) mass is 445 g/mol. The van der Waals surface area contributed by atoms with Gasteiger partial charge < -0.3 is 20.1 Å². The summed E-state index contributed by atoms with van der Waals surface area (Å²) in [6.45, 7) is 4.45. The summed E-state index contributed by atoms with van der Waals surface area (Å²) in [5.74, 6) is -0.491. The van der Waals surface area contributed by atoms with Crippen LogP contribution in [0, 0.1) is 5.92 Å². The number of hydrogen-bond acceptors (Lipinski definition) is 6. The van der Waals surface area contributed by atoms with E-state index in [1.807, 2.05) is 13.8 Å². The second-order valence-corrected chi connectivity index (χ2v) is 7.38. The Morgan fingerprint density at radius 2 is 1.83 bits per heavy atom. The van der Waals surface area contributed by atoms with E-state index in [2.05, 4.69) is 20.4 Å². The molecule has 0 radical (unpaired) electrons. The quantitative estimate of drug-likeness (QED) is 0.584. The Kier molecular flexibility index (Phi) is 8.46. The molecule has 1 atom stereocenters. The second kappa shape index (κ2) is 10.8. The zero-order valence-corrected chi connectivity index (χ0v) is 17.2. The van der Waals surface area contributed by atoms with Crippen molar-refractivity contribution in [1.82, 2.24) is 15.6 Å². The summed E-state index contributed by atoms with van der Waals surface area (Å²) in [6, 6.07) is 4.70. The molecular formula is C19H22F3N3O4S. The maximum atomic E-state index is 12.1. The van der Waals surface area contributed by atoms with Crippen LogP contribution in [0.2, 0.25) is 0 Å². The van der Waals surface area contributed by atoms with Gasteiger partial charge >= 0.3 is 6.36 Å². The minimum Gasteiger partial charge on any atom is -0.484 e. The predicted octanol–water partition coefficient (Wildman–Crippen LogP) is 3.51. The second-order valence-electron chi connectivity index (χ2n) is 6.43. The molecule has 30 heavy (non-hydrogen) atoms. The van der Waals surface area contributed by atoms with Crippen molar-refractivity contribution in [3.63, 3.8) is 0 Å². The highest BCUT2D eigenvalue weighted by molar-refractivity contribution is 7.09. The largest absolute Gasteiger partial charge is 0.573 e. The number of carbonyl (C=O) groups is 2. The molecule has 0 saturated heterocycles. The van der Waals surface area contributed by atoms with Gasteiger partial charge in [0.05, 0.1) is 6.54 Å². The van der Waals surface area contributed by atoms with Crippen LogP contribution in [-0.2, 0) is 11.3 Å². The van der Waals surface area contributed by atoms with Gasteiger partial charge in [0.15, 0.2) is 6.61 Å². The Balaban J connectivity index is 1.73. The summed E-state index contributed by atoms with van der Waals surface area (Å²) in [7, 11) is 0. The Morgan fingerprint density at radius 1 is 1.17 bits per heavy atom. The van der Waals surface area contributed by atoms with E-state index in [0.717, 1.165) is 18.6 Å². The van der Waals surface area contributed by atoms with Crippen LogP contribution in [0.4, 0.5) is 13.2 Å². The molecule has 1 aromatic carbocycles. The van der Waals surface area contributed by atoms with Crippen LogP contribution in [-0.4, -0.2) is 36.3 Å². The third-order valence-corrected chi connectivity index (χ3v) is 4.81. The van der Waals surface area contributed by atoms with Crippen LogP contribution in [0.3, 0.4) is 0 Å². The van der Waals surface area contributed by atoms with E-state index in [1.165, 1.54) is 23.5 Å². The van der Waals surface area contributed by atoms with Crippen molar-refractivity contribution in [2.75, 3.05) is 13.2 Å². The first-order chi connectivity index (χ1) is 14.2. The van der Waals surface area contributed by atoms with E-state index in [4.69, 9.17) is 4.74 Å². The number of amides is 2. The lowest BCUT2D eigenvalue weighted by molar-refractivity contribution is -0.274. The first kappa shape index (κ1) is 23.5. The Labute approximate surface area is 175 Å². The molecule has 0 bridgehead atoms. The maximum Gasteiger partial charge on any atom is 0.573 e. The fourth-order valence-electron chi connectivity index (χ4n) is 2.11. The van der Waals surface area contributed by atoms with Gasteiger partial charge in [0.25, 0.3) is 11.8 Å². The molecule has 0 spiro atoms. The van der Waals surface area contributed by atoms with E-state index in [0.29, 0.717) is 23.2 Å². The summed E-state index contributed by atoms with van der Waals surface area (Å²) in [4.78, 5) is 28.1. The zero-order valence-electron chi connectivity index (χ0n) is 16.4. The first-order valence-corrected chi connectivity index (χ1v) is 10.0. The molecule has 0 aliphatic rings. The van der Waals surface area contributed by atoms with Crippen LogP contribution in [0.25, 0.3) is 0 Å². The van der Waals surface area contributed by atoms with Gasteiger partial charge in [-0.15, -0.1) is 24.5 Å². The zero-order chi connectivity index (χ0) is 22.1. The highest BCUT2D eigenvalue weighted by atomic mass is 32.1. The third kappa shape index (κ3) is 8.27. The molecule has 0 aliphatic carbocycles. The number of alkyl halides is 3. The highest BCUT2D eigenvalue weighted by Crippen LogP contribution is 2.24. The van der Waals surface area contributed by atoms with Gasteiger partial charge in [-0.3, -0.25) is 9.59 Å². The molecule has 164 valence electrons. The fraction of sp³-hybridized carbons (Fsp3) is 0.421. The van der Waals surface area contributed by atoms with Crippen molar-refractivity contribution < 1.29 is 32.2 Å². The predicted molar refractivity (Wildman–Crippen MR) is 104 cm³/mol. The number of thiazole rings is 1. The lowest BCUT2D eigenvalue weighted by Gasteiger charge is -2.10. The fourth-order valence-corrected chi connectivity index (χ4v) is 2.82. The van der Waals surface area contributed by atoms with Gasteiger partial charge in [-0.05, 0) is 30.2 Å². The van der Waals surface area contributed by atoms with Gasteiger partial charge in [-0.25, -0.2) is 4.98 Å². The Morgan fingerprint density at radius 3 is 2.47 bits per heavy atom. The smallest absolute Gasteiger partial charge is 0.484 e. The number of rotatable bonds is 10. The van der Waals surface area contributed by atoms with E-state index in [1.54, 1.807) is 5.38 Å². The van der Waals surface area contributed by atoms with Crippen molar-refractivity contribution in [1.29, 1.82) is 0 Å². The molecule has 1 aromatic heterocycles. The van der Waals surface area contributed by atoms with E-state index >= 15 is 0 Å². The van der Waals surface area contributed by atoms with Crippen molar-refractivity contribution in [3.05, 3.63) is 40.3 Å². The lowest BCUT2D eigenvalue weighted by Crippen LogP contribution is -2.29.